The molecular formula is C13H15FN2O. The van der Waals surface area contributed by atoms with Gasteiger partial charge in [-0.2, -0.15) is 0 Å². The molecule has 0 aliphatic heterocycles. The third kappa shape index (κ3) is 3.06. The van der Waals surface area contributed by atoms with Crippen molar-refractivity contribution in [1.29, 1.82) is 0 Å². The van der Waals surface area contributed by atoms with Gasteiger partial charge >= 0.3 is 0 Å². The summed E-state index contributed by atoms with van der Waals surface area (Å²) in [5.74, 6) is 0.0609. The number of halogens is 1. The van der Waals surface area contributed by atoms with Crippen LogP contribution in [0.15, 0.2) is 36.9 Å². The zero-order chi connectivity index (χ0) is 12.1. The third-order valence-electron chi connectivity index (χ3n) is 2.53. The zero-order valence-corrected chi connectivity index (χ0v) is 9.77. The SMILES string of the molecule is Cc1cccc(OCCCn2ccnc2)c1F. The van der Waals surface area contributed by atoms with Crippen LogP contribution in [0.1, 0.15) is 12.0 Å². The number of rotatable bonds is 5. The van der Waals surface area contributed by atoms with E-state index >= 15 is 0 Å². The lowest BCUT2D eigenvalue weighted by Crippen LogP contribution is -2.04. The molecule has 2 aromatic rings. The lowest BCUT2D eigenvalue weighted by molar-refractivity contribution is 0.287. The number of ether oxygens (including phenoxy) is 1. The minimum absolute atomic E-state index is 0.268. The number of nitrogens with zero attached hydrogens (tertiary/aromatic N) is 2. The number of hydrogen-bond donors (Lipinski definition) is 0. The molecule has 0 saturated heterocycles. The second-order valence-electron chi connectivity index (χ2n) is 3.89. The van der Waals surface area contributed by atoms with Gasteiger partial charge in [0.2, 0.25) is 0 Å². The van der Waals surface area contributed by atoms with Crippen molar-refractivity contribution in [2.24, 2.45) is 0 Å². The number of benzene rings is 1. The normalized spacial score (nSPS) is 10.5. The molecule has 1 aromatic carbocycles. The first-order valence-corrected chi connectivity index (χ1v) is 5.61. The van der Waals surface area contributed by atoms with Crippen molar-refractivity contribution in [1.82, 2.24) is 9.55 Å². The second-order valence-corrected chi connectivity index (χ2v) is 3.89. The molecule has 1 heterocycles. The molecule has 4 heteroatoms. The van der Waals surface area contributed by atoms with Crippen molar-refractivity contribution in [2.45, 2.75) is 19.9 Å². The fourth-order valence-corrected chi connectivity index (χ4v) is 1.58. The van der Waals surface area contributed by atoms with E-state index < -0.39 is 0 Å². The van der Waals surface area contributed by atoms with Gasteiger partial charge in [-0.15, -0.1) is 0 Å². The maximum Gasteiger partial charge on any atom is 0.167 e. The standard InChI is InChI=1S/C13H15FN2O/c1-11-4-2-5-12(13(11)14)17-9-3-7-16-8-6-15-10-16/h2,4-6,8,10H,3,7,9H2,1H3. The van der Waals surface area contributed by atoms with Gasteiger partial charge < -0.3 is 9.30 Å². The summed E-state index contributed by atoms with van der Waals surface area (Å²) >= 11 is 0. The summed E-state index contributed by atoms with van der Waals surface area (Å²) in [4.78, 5) is 3.95. The molecule has 0 radical (unpaired) electrons. The highest BCUT2D eigenvalue weighted by Gasteiger charge is 2.04. The highest BCUT2D eigenvalue weighted by molar-refractivity contribution is 5.29. The van der Waals surface area contributed by atoms with Crippen molar-refractivity contribution >= 4 is 0 Å². The van der Waals surface area contributed by atoms with Gasteiger partial charge in [0.15, 0.2) is 11.6 Å². The summed E-state index contributed by atoms with van der Waals surface area (Å²) in [6.45, 7) is 3.06. The molecule has 0 fully saturated rings. The molecule has 0 amide bonds. The van der Waals surface area contributed by atoms with Gasteiger partial charge in [-0.25, -0.2) is 9.37 Å². The van der Waals surface area contributed by atoms with Crippen LogP contribution in [0.3, 0.4) is 0 Å². The first-order valence-electron chi connectivity index (χ1n) is 5.61. The van der Waals surface area contributed by atoms with Crippen LogP contribution in [-0.4, -0.2) is 16.2 Å². The molecule has 17 heavy (non-hydrogen) atoms. The number of hydrogen-bond acceptors (Lipinski definition) is 2. The third-order valence-corrected chi connectivity index (χ3v) is 2.53. The molecule has 0 aliphatic carbocycles. The van der Waals surface area contributed by atoms with E-state index in [1.807, 2.05) is 10.8 Å². The van der Waals surface area contributed by atoms with E-state index in [-0.39, 0.29) is 5.82 Å². The molecular weight excluding hydrogens is 219 g/mol. The van der Waals surface area contributed by atoms with E-state index in [9.17, 15) is 4.39 Å². The Balaban J connectivity index is 1.80. The Morgan fingerprint density at radius 1 is 1.41 bits per heavy atom. The van der Waals surface area contributed by atoms with Crippen LogP contribution in [0.4, 0.5) is 4.39 Å². The highest BCUT2D eigenvalue weighted by atomic mass is 19.1. The molecule has 90 valence electrons. The monoisotopic (exact) mass is 234 g/mol. The van der Waals surface area contributed by atoms with Crippen molar-refractivity contribution in [3.8, 4) is 5.75 Å². The van der Waals surface area contributed by atoms with Crippen LogP contribution < -0.4 is 4.74 Å². The smallest absolute Gasteiger partial charge is 0.167 e. The molecule has 0 N–H and O–H groups in total. The largest absolute Gasteiger partial charge is 0.490 e. The molecule has 0 bridgehead atoms. The van der Waals surface area contributed by atoms with E-state index in [0.717, 1.165) is 13.0 Å². The fraction of sp³-hybridized carbons (Fsp3) is 0.308. The summed E-state index contributed by atoms with van der Waals surface area (Å²) in [6, 6.07) is 5.18. The Morgan fingerprint density at radius 3 is 3.06 bits per heavy atom. The second kappa shape index (κ2) is 5.48. The molecule has 3 nitrogen and oxygen atoms in total. The van der Waals surface area contributed by atoms with Crippen molar-refractivity contribution < 1.29 is 9.13 Å². The van der Waals surface area contributed by atoms with Gasteiger partial charge in [0.25, 0.3) is 0 Å². The Morgan fingerprint density at radius 2 is 2.29 bits per heavy atom. The first kappa shape index (κ1) is 11.6. The van der Waals surface area contributed by atoms with Crippen LogP contribution in [0.25, 0.3) is 0 Å². The Labute approximate surface area is 99.9 Å². The summed E-state index contributed by atoms with van der Waals surface area (Å²) in [6.07, 6.45) is 6.21. The Hall–Kier alpha value is -1.84. The molecule has 0 atom stereocenters. The van der Waals surface area contributed by atoms with E-state index in [1.54, 1.807) is 37.6 Å². The van der Waals surface area contributed by atoms with Gasteiger partial charge in [0.05, 0.1) is 12.9 Å². The molecule has 2 rings (SSSR count). The number of imidazole rings is 1. The van der Waals surface area contributed by atoms with Crippen molar-refractivity contribution in [2.75, 3.05) is 6.61 Å². The highest BCUT2D eigenvalue weighted by Crippen LogP contribution is 2.19. The van der Waals surface area contributed by atoms with Crippen LogP contribution in [-0.2, 0) is 6.54 Å². The maximum atomic E-state index is 13.6. The van der Waals surface area contributed by atoms with Crippen LogP contribution in [0, 0.1) is 12.7 Å². The van der Waals surface area contributed by atoms with E-state index in [2.05, 4.69) is 4.98 Å². The van der Waals surface area contributed by atoms with Crippen LogP contribution >= 0.6 is 0 Å². The number of aryl methyl sites for hydroxylation is 2. The quantitative estimate of drug-likeness (QED) is 0.744. The summed E-state index contributed by atoms with van der Waals surface area (Å²) in [5, 5.41) is 0. The van der Waals surface area contributed by atoms with Gasteiger partial charge in [-0.1, -0.05) is 12.1 Å². The van der Waals surface area contributed by atoms with Crippen LogP contribution in [0.2, 0.25) is 0 Å². The van der Waals surface area contributed by atoms with Crippen molar-refractivity contribution in [3.05, 3.63) is 48.3 Å². The van der Waals surface area contributed by atoms with E-state index in [1.165, 1.54) is 0 Å². The van der Waals surface area contributed by atoms with Crippen molar-refractivity contribution in [3.63, 3.8) is 0 Å². The minimum atomic E-state index is -0.268. The summed E-state index contributed by atoms with van der Waals surface area (Å²) in [5.41, 5.74) is 0.608. The first-order chi connectivity index (χ1) is 8.27. The molecule has 0 aliphatic rings. The van der Waals surface area contributed by atoms with Gasteiger partial charge in [-0.05, 0) is 25.0 Å². The molecule has 0 unspecified atom stereocenters. The number of aromatic nitrogens is 2. The predicted octanol–water partition coefficient (Wildman–Crippen LogP) is 2.80. The molecule has 0 saturated carbocycles. The van der Waals surface area contributed by atoms with E-state index in [0.29, 0.717) is 17.9 Å². The van der Waals surface area contributed by atoms with Gasteiger partial charge in [0.1, 0.15) is 0 Å². The Kier molecular flexibility index (Phi) is 3.75. The average molecular weight is 234 g/mol. The molecule has 1 aromatic heterocycles. The maximum absolute atomic E-state index is 13.6. The zero-order valence-electron chi connectivity index (χ0n) is 9.77. The summed E-state index contributed by atoms with van der Waals surface area (Å²) < 4.78 is 20.9. The topological polar surface area (TPSA) is 27.1 Å². The lowest BCUT2D eigenvalue weighted by Gasteiger charge is -2.08. The molecule has 0 spiro atoms. The minimum Gasteiger partial charge on any atom is -0.490 e. The predicted molar refractivity (Wildman–Crippen MR) is 63.5 cm³/mol. The summed E-state index contributed by atoms with van der Waals surface area (Å²) in [7, 11) is 0. The van der Waals surface area contributed by atoms with Crippen LogP contribution in [0.5, 0.6) is 5.75 Å². The Bertz CT molecular complexity index is 468. The van der Waals surface area contributed by atoms with Gasteiger partial charge in [0, 0.05) is 18.9 Å². The lowest BCUT2D eigenvalue weighted by atomic mass is 10.2. The average Bonchev–Trinajstić information content (AvgIpc) is 2.83. The van der Waals surface area contributed by atoms with E-state index in [4.69, 9.17) is 4.74 Å². The van der Waals surface area contributed by atoms with Gasteiger partial charge in [-0.3, -0.25) is 0 Å². The fourth-order valence-electron chi connectivity index (χ4n) is 1.58.